The number of quaternary nitrogens is 1. The van der Waals surface area contributed by atoms with Crippen LogP contribution in [0.25, 0.3) is 0 Å². The van der Waals surface area contributed by atoms with Gasteiger partial charge in [0, 0.05) is 19.1 Å². The molecule has 0 aromatic carbocycles. The SMILES string of the molecule is CCC(C)CCCCCCCCCCC(=O)C(CSC[C@H](NC(C)=O)C(=O)O)[N+](C)(C)C. The lowest BCUT2D eigenvalue weighted by atomic mass is 9.99. The highest BCUT2D eigenvalue weighted by Gasteiger charge is 2.31. The summed E-state index contributed by atoms with van der Waals surface area (Å²) in [6, 6.07) is -1.09. The summed E-state index contributed by atoms with van der Waals surface area (Å²) in [5, 5.41) is 11.7. The predicted molar refractivity (Wildman–Crippen MR) is 135 cm³/mol. The van der Waals surface area contributed by atoms with Crippen LogP contribution in [0.5, 0.6) is 0 Å². The standard InChI is InChI=1S/C25H48N2O4S/c1-7-20(2)16-14-12-10-8-9-11-13-15-17-24(29)23(27(4,5)6)19-32-18-22(25(30)31)26-21(3)28/h20,22-23H,7-19H2,1-6H3,(H-,26,28,30,31)/p+1/t20?,22-,23?/m0/s1. The molecule has 0 aliphatic rings. The summed E-state index contributed by atoms with van der Waals surface area (Å²) in [5.41, 5.74) is 0. The average molecular weight is 474 g/mol. The summed E-state index contributed by atoms with van der Waals surface area (Å²) in [6.45, 7) is 5.91. The molecule has 0 radical (unpaired) electrons. The van der Waals surface area contributed by atoms with E-state index >= 15 is 0 Å². The van der Waals surface area contributed by atoms with Gasteiger partial charge in [-0.05, 0) is 12.3 Å². The lowest BCUT2D eigenvalue weighted by Crippen LogP contribution is -2.51. The number of rotatable bonds is 20. The molecule has 0 aliphatic carbocycles. The van der Waals surface area contributed by atoms with Gasteiger partial charge in [-0.2, -0.15) is 11.8 Å². The van der Waals surface area contributed by atoms with Crippen LogP contribution in [0.15, 0.2) is 0 Å². The Kier molecular flexibility index (Phi) is 16.8. The first kappa shape index (κ1) is 30.9. The van der Waals surface area contributed by atoms with Gasteiger partial charge in [0.15, 0.2) is 11.8 Å². The topological polar surface area (TPSA) is 83.5 Å². The van der Waals surface area contributed by atoms with Gasteiger partial charge >= 0.3 is 5.97 Å². The smallest absolute Gasteiger partial charge is 0.327 e. The molecule has 0 saturated carbocycles. The largest absolute Gasteiger partial charge is 0.480 e. The molecule has 0 bridgehead atoms. The number of carbonyl (C=O) groups excluding carboxylic acids is 2. The normalized spacial score (nSPS) is 14.6. The van der Waals surface area contributed by atoms with Crippen LogP contribution in [-0.2, 0) is 14.4 Å². The first-order valence-electron chi connectivity index (χ1n) is 12.4. The molecule has 0 aromatic heterocycles. The molecule has 0 saturated heterocycles. The predicted octanol–water partition coefficient (Wildman–Crippen LogP) is 4.90. The number of Topliss-reactive ketones (excluding diaryl/α,β-unsaturated/α-hetero) is 1. The van der Waals surface area contributed by atoms with E-state index in [0.717, 1.165) is 18.8 Å². The molecule has 0 aromatic rings. The Hall–Kier alpha value is -1.08. The number of nitrogens with zero attached hydrogens (tertiary/aromatic N) is 1. The van der Waals surface area contributed by atoms with Crippen molar-refractivity contribution in [1.29, 1.82) is 0 Å². The van der Waals surface area contributed by atoms with Crippen LogP contribution >= 0.6 is 11.8 Å². The van der Waals surface area contributed by atoms with E-state index in [1.54, 1.807) is 0 Å². The van der Waals surface area contributed by atoms with Crippen LogP contribution in [-0.4, -0.2) is 72.0 Å². The van der Waals surface area contributed by atoms with E-state index in [2.05, 4.69) is 19.2 Å². The third kappa shape index (κ3) is 15.7. The van der Waals surface area contributed by atoms with Crippen molar-refractivity contribution in [1.82, 2.24) is 5.32 Å². The zero-order chi connectivity index (χ0) is 24.6. The summed E-state index contributed by atoms with van der Waals surface area (Å²) < 4.78 is 0.528. The molecule has 0 aliphatic heterocycles. The maximum absolute atomic E-state index is 12.8. The van der Waals surface area contributed by atoms with Gasteiger partial charge < -0.3 is 14.9 Å². The van der Waals surface area contributed by atoms with Gasteiger partial charge in [0.1, 0.15) is 6.04 Å². The van der Waals surface area contributed by atoms with E-state index in [9.17, 15) is 19.5 Å². The molecule has 188 valence electrons. The second kappa shape index (κ2) is 17.4. The fraction of sp³-hybridized carbons (Fsp3) is 0.880. The molecule has 0 spiro atoms. The number of thioether (sulfide) groups is 1. The van der Waals surface area contributed by atoms with Gasteiger partial charge in [-0.15, -0.1) is 0 Å². The molecular weight excluding hydrogens is 424 g/mol. The van der Waals surface area contributed by atoms with Crippen molar-refractivity contribution < 1.29 is 24.0 Å². The highest BCUT2D eigenvalue weighted by Crippen LogP contribution is 2.18. The Morgan fingerprint density at radius 1 is 0.906 bits per heavy atom. The Bertz CT molecular complexity index is 549. The molecule has 3 atom stereocenters. The zero-order valence-corrected chi connectivity index (χ0v) is 22.3. The minimum absolute atomic E-state index is 0.169. The molecule has 6 nitrogen and oxygen atoms in total. The summed E-state index contributed by atoms with van der Waals surface area (Å²) in [5.74, 6) is 0.525. The van der Waals surface area contributed by atoms with Crippen LogP contribution in [0.2, 0.25) is 0 Å². The lowest BCUT2D eigenvalue weighted by Gasteiger charge is -2.33. The molecule has 32 heavy (non-hydrogen) atoms. The average Bonchev–Trinajstić information content (AvgIpc) is 2.69. The van der Waals surface area contributed by atoms with Crippen molar-refractivity contribution in [3.8, 4) is 0 Å². The van der Waals surface area contributed by atoms with E-state index < -0.39 is 12.0 Å². The molecule has 0 heterocycles. The number of likely N-dealkylation sites (N-methyl/N-ethyl adjacent to an activating group) is 1. The van der Waals surface area contributed by atoms with Crippen LogP contribution in [0.4, 0.5) is 0 Å². The third-order valence-electron chi connectivity index (χ3n) is 6.11. The fourth-order valence-electron chi connectivity index (χ4n) is 3.69. The number of hydrogen-bond donors (Lipinski definition) is 2. The maximum atomic E-state index is 12.8. The second-order valence-corrected chi connectivity index (χ2v) is 11.2. The van der Waals surface area contributed by atoms with Crippen LogP contribution in [0.1, 0.15) is 91.4 Å². The Balaban J connectivity index is 4.15. The monoisotopic (exact) mass is 473 g/mol. The maximum Gasteiger partial charge on any atom is 0.327 e. The van der Waals surface area contributed by atoms with E-state index in [1.165, 1.54) is 70.1 Å². The van der Waals surface area contributed by atoms with Gasteiger partial charge in [0.2, 0.25) is 5.91 Å². The number of amides is 1. The highest BCUT2D eigenvalue weighted by molar-refractivity contribution is 7.99. The van der Waals surface area contributed by atoms with E-state index in [-0.39, 0.29) is 23.5 Å². The number of hydrogen-bond acceptors (Lipinski definition) is 4. The summed E-state index contributed by atoms with van der Waals surface area (Å²) in [6.07, 6.45) is 13.0. The van der Waals surface area contributed by atoms with E-state index in [0.29, 0.717) is 16.7 Å². The quantitative estimate of drug-likeness (QED) is 0.194. The summed E-state index contributed by atoms with van der Waals surface area (Å²) >= 11 is 1.42. The molecule has 0 rings (SSSR count). The van der Waals surface area contributed by atoms with Crippen molar-refractivity contribution in [2.75, 3.05) is 32.6 Å². The van der Waals surface area contributed by atoms with Crippen LogP contribution in [0.3, 0.4) is 0 Å². The van der Waals surface area contributed by atoms with Crippen molar-refractivity contribution in [3.63, 3.8) is 0 Å². The molecule has 1 amide bonds. The number of aliphatic carboxylic acids is 1. The Morgan fingerprint density at radius 2 is 1.44 bits per heavy atom. The van der Waals surface area contributed by atoms with Crippen LogP contribution in [0, 0.1) is 5.92 Å². The second-order valence-electron chi connectivity index (χ2n) is 10.1. The van der Waals surface area contributed by atoms with Gasteiger partial charge in [0.25, 0.3) is 0 Å². The highest BCUT2D eigenvalue weighted by atomic mass is 32.2. The number of carbonyl (C=O) groups is 3. The fourth-order valence-corrected chi connectivity index (χ4v) is 5.14. The minimum Gasteiger partial charge on any atom is -0.480 e. The Labute approximate surface area is 200 Å². The van der Waals surface area contributed by atoms with E-state index in [4.69, 9.17) is 0 Å². The van der Waals surface area contributed by atoms with Gasteiger partial charge in [0.05, 0.1) is 26.9 Å². The van der Waals surface area contributed by atoms with Crippen molar-refractivity contribution in [2.45, 2.75) is 103 Å². The zero-order valence-electron chi connectivity index (χ0n) is 21.5. The summed E-state index contributed by atoms with van der Waals surface area (Å²) in [4.78, 5) is 35.3. The number of carboxylic acids is 1. The summed E-state index contributed by atoms with van der Waals surface area (Å²) in [7, 11) is 6.02. The number of carboxylic acid groups (broad SMARTS) is 1. The lowest BCUT2D eigenvalue weighted by molar-refractivity contribution is -0.883. The Morgan fingerprint density at radius 3 is 1.91 bits per heavy atom. The van der Waals surface area contributed by atoms with Crippen molar-refractivity contribution in [2.24, 2.45) is 5.92 Å². The van der Waals surface area contributed by atoms with Gasteiger partial charge in [-0.25, -0.2) is 4.79 Å². The van der Waals surface area contributed by atoms with Crippen molar-refractivity contribution >= 4 is 29.4 Å². The number of ketones is 1. The molecule has 2 N–H and O–H groups in total. The van der Waals surface area contributed by atoms with E-state index in [1.807, 2.05) is 21.1 Å². The minimum atomic E-state index is -1.05. The van der Waals surface area contributed by atoms with Crippen LogP contribution < -0.4 is 5.32 Å². The molecule has 7 heteroatoms. The first-order chi connectivity index (χ1) is 15.0. The first-order valence-corrected chi connectivity index (χ1v) is 13.6. The van der Waals surface area contributed by atoms with Crippen molar-refractivity contribution in [3.05, 3.63) is 0 Å². The molecule has 0 fully saturated rings. The third-order valence-corrected chi connectivity index (χ3v) is 7.23. The molecule has 2 unspecified atom stereocenters. The van der Waals surface area contributed by atoms with Gasteiger partial charge in [-0.1, -0.05) is 71.6 Å². The number of nitrogens with one attached hydrogen (secondary N) is 1. The van der Waals surface area contributed by atoms with Gasteiger partial charge in [-0.3, -0.25) is 9.59 Å². The molecular formula is C25H49N2O4S+. The number of unbranched alkanes of at least 4 members (excludes halogenated alkanes) is 7.